The molecule has 6 heteroatoms. The molecule has 0 fully saturated rings. The molecule has 0 radical (unpaired) electrons. The first-order valence-corrected chi connectivity index (χ1v) is 6.15. The zero-order valence-electron chi connectivity index (χ0n) is 9.81. The van der Waals surface area contributed by atoms with Gasteiger partial charge in [0.25, 0.3) is 0 Å². The molecular formula is C10H16N2O3S. The van der Waals surface area contributed by atoms with Crippen molar-refractivity contribution >= 4 is 15.9 Å². The molecule has 1 N–H and O–H groups in total. The van der Waals surface area contributed by atoms with E-state index in [-0.39, 0.29) is 0 Å². The van der Waals surface area contributed by atoms with E-state index in [1.54, 1.807) is 12.1 Å². The lowest BCUT2D eigenvalue weighted by atomic mass is 10.2. The van der Waals surface area contributed by atoms with Gasteiger partial charge >= 0.3 is 10.2 Å². The van der Waals surface area contributed by atoms with E-state index < -0.39 is 10.2 Å². The molecule has 5 nitrogen and oxygen atoms in total. The Morgan fingerprint density at radius 3 is 2.44 bits per heavy atom. The topological polar surface area (TPSA) is 58.6 Å². The number of hydrogen-bond acceptors (Lipinski definition) is 3. The lowest BCUT2D eigenvalue weighted by Gasteiger charge is -2.15. The largest absolute Gasteiger partial charge is 0.495 e. The van der Waals surface area contributed by atoms with Crippen LogP contribution in [0.2, 0.25) is 0 Å². The fraction of sp³-hybridized carbons (Fsp3) is 0.400. The van der Waals surface area contributed by atoms with Crippen LogP contribution in [0.15, 0.2) is 18.2 Å². The average molecular weight is 244 g/mol. The van der Waals surface area contributed by atoms with Gasteiger partial charge in [-0.3, -0.25) is 4.72 Å². The number of nitrogens with zero attached hydrogens (tertiary/aromatic N) is 1. The zero-order chi connectivity index (χ0) is 12.3. The van der Waals surface area contributed by atoms with E-state index >= 15 is 0 Å². The van der Waals surface area contributed by atoms with Crippen LogP contribution in [0.25, 0.3) is 0 Å². The maximum Gasteiger partial charge on any atom is 0.301 e. The standard InChI is InChI=1S/C10H16N2O3S/c1-8-5-6-9(10(7-8)15-4)11-16(13,14)12(2)3/h5-7,11H,1-4H3. The van der Waals surface area contributed by atoms with E-state index in [2.05, 4.69) is 4.72 Å². The van der Waals surface area contributed by atoms with Gasteiger partial charge in [0.15, 0.2) is 0 Å². The number of ether oxygens (including phenoxy) is 1. The van der Waals surface area contributed by atoms with Crippen LogP contribution in [0.3, 0.4) is 0 Å². The lowest BCUT2D eigenvalue weighted by molar-refractivity contribution is 0.416. The van der Waals surface area contributed by atoms with Crippen molar-refractivity contribution in [3.05, 3.63) is 23.8 Å². The Hall–Kier alpha value is -1.27. The van der Waals surface area contributed by atoms with E-state index in [1.807, 2.05) is 13.0 Å². The smallest absolute Gasteiger partial charge is 0.301 e. The van der Waals surface area contributed by atoms with Crippen molar-refractivity contribution in [1.82, 2.24) is 4.31 Å². The quantitative estimate of drug-likeness (QED) is 0.866. The van der Waals surface area contributed by atoms with E-state index in [0.717, 1.165) is 9.87 Å². The first-order chi connectivity index (χ1) is 7.36. The molecule has 16 heavy (non-hydrogen) atoms. The maximum absolute atomic E-state index is 11.6. The number of aryl methyl sites for hydroxylation is 1. The van der Waals surface area contributed by atoms with Crippen LogP contribution in [0, 0.1) is 6.92 Å². The van der Waals surface area contributed by atoms with Gasteiger partial charge in [-0.2, -0.15) is 12.7 Å². The number of hydrogen-bond donors (Lipinski definition) is 1. The normalized spacial score (nSPS) is 11.6. The summed E-state index contributed by atoms with van der Waals surface area (Å²) in [7, 11) is 0.931. The van der Waals surface area contributed by atoms with Crippen LogP contribution in [-0.2, 0) is 10.2 Å². The monoisotopic (exact) mass is 244 g/mol. The highest BCUT2D eigenvalue weighted by Crippen LogP contribution is 2.26. The Morgan fingerprint density at radius 2 is 1.94 bits per heavy atom. The summed E-state index contributed by atoms with van der Waals surface area (Å²) in [6.07, 6.45) is 0. The van der Waals surface area contributed by atoms with Gasteiger partial charge < -0.3 is 4.74 Å². The Labute approximate surface area is 96.2 Å². The molecule has 0 amide bonds. The van der Waals surface area contributed by atoms with Gasteiger partial charge in [0.1, 0.15) is 5.75 Å². The number of benzene rings is 1. The molecule has 0 aliphatic carbocycles. The van der Waals surface area contributed by atoms with Gasteiger partial charge in [0.05, 0.1) is 12.8 Å². The third-order valence-electron chi connectivity index (χ3n) is 2.08. The predicted octanol–water partition coefficient (Wildman–Crippen LogP) is 1.22. The minimum Gasteiger partial charge on any atom is -0.495 e. The molecule has 90 valence electrons. The molecule has 0 saturated heterocycles. The average Bonchev–Trinajstić information content (AvgIpc) is 2.20. The van der Waals surface area contributed by atoms with Crippen molar-refractivity contribution in [3.63, 3.8) is 0 Å². The summed E-state index contributed by atoms with van der Waals surface area (Å²) in [5.74, 6) is 0.505. The summed E-state index contributed by atoms with van der Waals surface area (Å²) in [6, 6.07) is 5.26. The number of anilines is 1. The first-order valence-electron chi connectivity index (χ1n) is 4.71. The molecule has 0 spiro atoms. The van der Waals surface area contributed by atoms with Crippen molar-refractivity contribution in [1.29, 1.82) is 0 Å². The molecule has 0 unspecified atom stereocenters. The van der Waals surface area contributed by atoms with E-state index in [1.165, 1.54) is 21.2 Å². The Morgan fingerprint density at radius 1 is 1.31 bits per heavy atom. The van der Waals surface area contributed by atoms with Crippen LogP contribution in [-0.4, -0.2) is 33.9 Å². The molecule has 0 aliphatic heterocycles. The highest BCUT2D eigenvalue weighted by molar-refractivity contribution is 7.90. The van der Waals surface area contributed by atoms with Gasteiger partial charge in [-0.15, -0.1) is 0 Å². The zero-order valence-corrected chi connectivity index (χ0v) is 10.6. The number of rotatable bonds is 4. The molecule has 0 bridgehead atoms. The fourth-order valence-electron chi connectivity index (χ4n) is 1.11. The summed E-state index contributed by atoms with van der Waals surface area (Å²) < 4.78 is 31.9. The predicted molar refractivity (Wildman–Crippen MR) is 64.0 cm³/mol. The van der Waals surface area contributed by atoms with Crippen molar-refractivity contribution in [3.8, 4) is 5.75 Å². The Bertz CT molecular complexity index is 469. The summed E-state index contributed by atoms with van der Waals surface area (Å²) in [5, 5.41) is 0. The van der Waals surface area contributed by atoms with Crippen LogP contribution in [0.4, 0.5) is 5.69 Å². The van der Waals surface area contributed by atoms with Gasteiger partial charge in [-0.05, 0) is 24.6 Å². The molecule has 1 aromatic carbocycles. The second-order valence-electron chi connectivity index (χ2n) is 3.59. The van der Waals surface area contributed by atoms with Crippen molar-refractivity contribution in [2.45, 2.75) is 6.92 Å². The highest BCUT2D eigenvalue weighted by Gasteiger charge is 2.15. The molecule has 0 saturated carbocycles. The van der Waals surface area contributed by atoms with Crippen molar-refractivity contribution < 1.29 is 13.2 Å². The van der Waals surface area contributed by atoms with Crippen LogP contribution in [0.1, 0.15) is 5.56 Å². The molecule has 0 aromatic heterocycles. The molecule has 1 rings (SSSR count). The Kier molecular flexibility index (Phi) is 3.77. The molecule has 1 aromatic rings. The minimum atomic E-state index is -3.49. The van der Waals surface area contributed by atoms with Crippen LogP contribution in [0.5, 0.6) is 5.75 Å². The number of methoxy groups -OCH3 is 1. The van der Waals surface area contributed by atoms with Gasteiger partial charge in [0.2, 0.25) is 0 Å². The summed E-state index contributed by atoms with van der Waals surface area (Å²) in [6.45, 7) is 1.91. The van der Waals surface area contributed by atoms with E-state index in [0.29, 0.717) is 11.4 Å². The van der Waals surface area contributed by atoms with E-state index in [9.17, 15) is 8.42 Å². The third kappa shape index (κ3) is 2.86. The summed E-state index contributed by atoms with van der Waals surface area (Å²) in [5.41, 5.74) is 1.44. The summed E-state index contributed by atoms with van der Waals surface area (Å²) in [4.78, 5) is 0. The van der Waals surface area contributed by atoms with Gasteiger partial charge in [0, 0.05) is 14.1 Å². The molecular weight excluding hydrogens is 228 g/mol. The van der Waals surface area contributed by atoms with Crippen LogP contribution < -0.4 is 9.46 Å². The van der Waals surface area contributed by atoms with E-state index in [4.69, 9.17) is 4.74 Å². The van der Waals surface area contributed by atoms with Gasteiger partial charge in [-0.25, -0.2) is 0 Å². The van der Waals surface area contributed by atoms with Crippen molar-refractivity contribution in [2.75, 3.05) is 25.9 Å². The maximum atomic E-state index is 11.6. The minimum absolute atomic E-state index is 0.432. The van der Waals surface area contributed by atoms with Crippen molar-refractivity contribution in [2.24, 2.45) is 0 Å². The van der Waals surface area contributed by atoms with Gasteiger partial charge in [-0.1, -0.05) is 6.07 Å². The molecule has 0 heterocycles. The third-order valence-corrected chi connectivity index (χ3v) is 3.52. The summed E-state index contributed by atoms with van der Waals surface area (Å²) >= 11 is 0. The first kappa shape index (κ1) is 12.8. The molecule has 0 atom stereocenters. The lowest BCUT2D eigenvalue weighted by Crippen LogP contribution is -2.29. The second kappa shape index (κ2) is 4.71. The van der Waals surface area contributed by atoms with Crippen LogP contribution >= 0.6 is 0 Å². The highest BCUT2D eigenvalue weighted by atomic mass is 32.2. The second-order valence-corrected chi connectivity index (χ2v) is 5.48. The molecule has 0 aliphatic rings. The number of nitrogens with one attached hydrogen (secondary N) is 1. The fourth-order valence-corrected chi connectivity index (χ4v) is 1.74. The Balaban J connectivity index is 3.07. The SMILES string of the molecule is COc1cc(C)ccc1NS(=O)(=O)N(C)C.